The van der Waals surface area contributed by atoms with Crippen LogP contribution in [0.3, 0.4) is 0 Å². The highest BCUT2D eigenvalue weighted by Crippen LogP contribution is 2.44. The molecule has 0 spiro atoms. The number of aliphatic hydroxyl groups excluding tert-OH is 1. The van der Waals surface area contributed by atoms with E-state index < -0.39 is 17.5 Å². The molecule has 1 fully saturated rings. The number of hydrogen-bond donors (Lipinski definition) is 3. The summed E-state index contributed by atoms with van der Waals surface area (Å²) in [5.41, 5.74) is -0.778. The average molecular weight is 271 g/mol. The van der Waals surface area contributed by atoms with E-state index in [-0.39, 0.29) is 26.1 Å². The topological polar surface area (TPSA) is 118 Å². The van der Waals surface area contributed by atoms with Gasteiger partial charge in [0.2, 0.25) is 0 Å². The van der Waals surface area contributed by atoms with Crippen LogP contribution < -0.4 is 0 Å². The van der Waals surface area contributed by atoms with Crippen LogP contribution in [0, 0.1) is 5.92 Å². The Kier molecular flexibility index (Phi) is 4.13. The molecule has 0 radical (unpaired) electrons. The van der Waals surface area contributed by atoms with E-state index in [0.29, 0.717) is 18.8 Å². The summed E-state index contributed by atoms with van der Waals surface area (Å²) in [5, 5.41) is 35.2. The second-order valence-electron chi connectivity index (χ2n) is 4.68. The van der Waals surface area contributed by atoms with E-state index in [4.69, 9.17) is 14.9 Å². The Morgan fingerprint density at radius 3 is 2.89 bits per heavy atom. The summed E-state index contributed by atoms with van der Waals surface area (Å²) in [6.07, 6.45) is 1.93. The molecule has 0 atom stereocenters. The van der Waals surface area contributed by atoms with Crippen molar-refractivity contribution in [2.75, 3.05) is 19.8 Å². The van der Waals surface area contributed by atoms with Gasteiger partial charge in [0, 0.05) is 0 Å². The van der Waals surface area contributed by atoms with E-state index in [0.717, 1.165) is 0 Å². The van der Waals surface area contributed by atoms with Crippen molar-refractivity contribution < 1.29 is 24.9 Å². The molecule has 0 saturated heterocycles. The molecule has 2 rings (SSSR count). The maximum absolute atomic E-state index is 10.7. The Labute approximate surface area is 109 Å². The van der Waals surface area contributed by atoms with E-state index in [1.807, 2.05) is 0 Å². The van der Waals surface area contributed by atoms with Crippen molar-refractivity contribution >= 4 is 5.97 Å². The number of rotatable bonds is 7. The van der Waals surface area contributed by atoms with Crippen LogP contribution in [-0.2, 0) is 21.7 Å². The van der Waals surface area contributed by atoms with Gasteiger partial charge >= 0.3 is 5.97 Å². The number of aliphatic hydroxyl groups is 2. The van der Waals surface area contributed by atoms with Crippen molar-refractivity contribution in [2.45, 2.75) is 25.0 Å². The van der Waals surface area contributed by atoms with Crippen LogP contribution in [0.25, 0.3) is 0 Å². The first kappa shape index (κ1) is 13.9. The van der Waals surface area contributed by atoms with E-state index in [2.05, 4.69) is 10.3 Å². The molecule has 19 heavy (non-hydrogen) atoms. The number of aromatic nitrogens is 3. The normalized spacial score (nSPS) is 26.1. The maximum atomic E-state index is 10.7. The van der Waals surface area contributed by atoms with Gasteiger partial charge in [0.15, 0.2) is 0 Å². The third-order valence-electron chi connectivity index (χ3n) is 3.23. The molecular weight excluding hydrogens is 254 g/mol. The van der Waals surface area contributed by atoms with Crippen LogP contribution in [0.2, 0.25) is 0 Å². The highest BCUT2D eigenvalue weighted by molar-refractivity contribution is 5.71. The minimum atomic E-state index is -1.17. The predicted octanol–water partition coefficient (Wildman–Crippen LogP) is -1.03. The smallest absolute Gasteiger partial charge is 0.306 e. The van der Waals surface area contributed by atoms with Gasteiger partial charge in [-0.15, -0.1) is 5.10 Å². The lowest BCUT2D eigenvalue weighted by molar-refractivity contribution is -0.160. The molecular formula is C11H17N3O5. The van der Waals surface area contributed by atoms with E-state index >= 15 is 0 Å². The average Bonchev–Trinajstić information content (AvgIpc) is 2.79. The monoisotopic (exact) mass is 271 g/mol. The van der Waals surface area contributed by atoms with Gasteiger partial charge in [-0.25, -0.2) is 4.68 Å². The highest BCUT2D eigenvalue weighted by Gasteiger charge is 2.49. The molecule has 0 aliphatic heterocycles. The minimum absolute atomic E-state index is 0.0288. The Hall–Kier alpha value is -1.51. The van der Waals surface area contributed by atoms with Crippen LogP contribution in [0.15, 0.2) is 6.20 Å². The Bertz CT molecular complexity index is 441. The molecule has 1 aliphatic carbocycles. The van der Waals surface area contributed by atoms with Crippen LogP contribution in [0.5, 0.6) is 0 Å². The quantitative estimate of drug-likeness (QED) is 0.543. The molecule has 106 valence electrons. The van der Waals surface area contributed by atoms with Gasteiger partial charge in [-0.2, -0.15) is 0 Å². The third kappa shape index (κ3) is 3.09. The lowest BCUT2D eigenvalue weighted by Gasteiger charge is -2.39. The number of aliphatic carboxylic acids is 1. The number of carboxylic acids is 1. The zero-order valence-corrected chi connectivity index (χ0v) is 10.4. The summed E-state index contributed by atoms with van der Waals surface area (Å²) in [5.74, 6) is -1.41. The summed E-state index contributed by atoms with van der Waals surface area (Å²) < 4.78 is 6.62. The standard InChI is InChI=1S/C11H17N3O5/c15-2-4-19-3-1-14-7-9(12-13-14)11(18)5-8(6-11)10(16)17/h7-8,15,18H,1-6H2,(H,16,17). The zero-order valence-electron chi connectivity index (χ0n) is 10.4. The van der Waals surface area contributed by atoms with E-state index in [1.54, 1.807) is 6.20 Å². The minimum Gasteiger partial charge on any atom is -0.481 e. The molecule has 0 aromatic carbocycles. The molecule has 3 N–H and O–H groups in total. The number of carbonyl (C=O) groups is 1. The Morgan fingerprint density at radius 2 is 2.26 bits per heavy atom. The molecule has 1 aromatic heterocycles. The zero-order chi connectivity index (χ0) is 13.9. The fourth-order valence-corrected chi connectivity index (χ4v) is 2.08. The van der Waals surface area contributed by atoms with Gasteiger partial charge in [-0.05, 0) is 12.8 Å². The van der Waals surface area contributed by atoms with Gasteiger partial charge in [-0.3, -0.25) is 4.79 Å². The van der Waals surface area contributed by atoms with Crippen molar-refractivity contribution in [3.8, 4) is 0 Å². The lowest BCUT2D eigenvalue weighted by atomic mass is 9.69. The maximum Gasteiger partial charge on any atom is 0.306 e. The molecule has 8 nitrogen and oxygen atoms in total. The van der Waals surface area contributed by atoms with Crippen molar-refractivity contribution in [3.05, 3.63) is 11.9 Å². The van der Waals surface area contributed by atoms with Gasteiger partial charge in [0.25, 0.3) is 0 Å². The Morgan fingerprint density at radius 1 is 1.53 bits per heavy atom. The molecule has 0 unspecified atom stereocenters. The molecule has 1 aliphatic rings. The van der Waals surface area contributed by atoms with Crippen LogP contribution >= 0.6 is 0 Å². The molecule has 0 bridgehead atoms. The lowest BCUT2D eigenvalue weighted by Crippen LogP contribution is -2.44. The van der Waals surface area contributed by atoms with Gasteiger partial charge in [-0.1, -0.05) is 5.21 Å². The van der Waals surface area contributed by atoms with Gasteiger partial charge in [0.05, 0.1) is 38.5 Å². The summed E-state index contributed by atoms with van der Waals surface area (Å²) in [4.78, 5) is 10.7. The largest absolute Gasteiger partial charge is 0.481 e. The van der Waals surface area contributed by atoms with Crippen LogP contribution in [0.1, 0.15) is 18.5 Å². The third-order valence-corrected chi connectivity index (χ3v) is 3.23. The first-order valence-electron chi connectivity index (χ1n) is 6.09. The van der Waals surface area contributed by atoms with Crippen molar-refractivity contribution in [2.24, 2.45) is 5.92 Å². The van der Waals surface area contributed by atoms with Crippen molar-refractivity contribution in [1.29, 1.82) is 0 Å². The van der Waals surface area contributed by atoms with Crippen molar-refractivity contribution in [3.63, 3.8) is 0 Å². The summed E-state index contributed by atoms with van der Waals surface area (Å²) in [7, 11) is 0. The fraction of sp³-hybridized carbons (Fsp3) is 0.727. The Balaban J connectivity index is 1.86. The summed E-state index contributed by atoms with van der Waals surface area (Å²) in [6, 6.07) is 0. The number of carboxylic acid groups (broad SMARTS) is 1. The molecule has 1 heterocycles. The second-order valence-corrected chi connectivity index (χ2v) is 4.68. The fourth-order valence-electron chi connectivity index (χ4n) is 2.08. The predicted molar refractivity (Wildman–Crippen MR) is 62.2 cm³/mol. The molecule has 1 saturated carbocycles. The number of hydrogen-bond acceptors (Lipinski definition) is 6. The SMILES string of the molecule is O=C(O)C1CC(O)(c2cn(CCOCCO)nn2)C1. The van der Waals surface area contributed by atoms with E-state index in [9.17, 15) is 9.90 Å². The number of nitrogens with zero attached hydrogens (tertiary/aromatic N) is 3. The molecule has 1 aromatic rings. The highest BCUT2D eigenvalue weighted by atomic mass is 16.5. The van der Waals surface area contributed by atoms with Gasteiger partial charge < -0.3 is 20.1 Å². The summed E-state index contributed by atoms with van der Waals surface area (Å²) in [6.45, 7) is 1.09. The van der Waals surface area contributed by atoms with Crippen molar-refractivity contribution in [1.82, 2.24) is 15.0 Å². The molecule has 8 heteroatoms. The van der Waals surface area contributed by atoms with E-state index in [1.165, 1.54) is 4.68 Å². The molecule has 0 amide bonds. The van der Waals surface area contributed by atoms with Crippen LogP contribution in [0.4, 0.5) is 0 Å². The number of ether oxygens (including phenoxy) is 1. The first-order chi connectivity index (χ1) is 9.05. The van der Waals surface area contributed by atoms with Gasteiger partial charge in [0.1, 0.15) is 11.3 Å². The first-order valence-corrected chi connectivity index (χ1v) is 6.09. The summed E-state index contributed by atoms with van der Waals surface area (Å²) >= 11 is 0. The second kappa shape index (κ2) is 5.64. The van der Waals surface area contributed by atoms with Crippen LogP contribution in [-0.4, -0.2) is 56.1 Å².